The van der Waals surface area contributed by atoms with Gasteiger partial charge in [-0.3, -0.25) is 0 Å². The second kappa shape index (κ2) is 4.75. The number of pyridine rings is 1. The largest absolute Gasteiger partial charge is 0.329 e. The quantitative estimate of drug-likeness (QED) is 0.897. The molecule has 0 amide bonds. The highest BCUT2D eigenvalue weighted by atomic mass is 32.1. The average molecular weight is 256 g/mol. The lowest BCUT2D eigenvalue weighted by Gasteiger charge is -2.06. The lowest BCUT2D eigenvalue weighted by atomic mass is 10.0. The maximum absolute atomic E-state index is 8.99. The molecule has 0 fully saturated rings. The Bertz CT molecular complexity index is 588. The number of aromatic nitrogens is 2. The fourth-order valence-electron chi connectivity index (χ4n) is 2.12. The third-order valence-electron chi connectivity index (χ3n) is 3.00. The highest BCUT2D eigenvalue weighted by molar-refractivity contribution is 7.15. The van der Waals surface area contributed by atoms with E-state index in [0.29, 0.717) is 5.69 Å². The Kier molecular flexibility index (Phi) is 2.95. The molecule has 3 rings (SSSR count). The monoisotopic (exact) mass is 256 g/mol. The van der Waals surface area contributed by atoms with Crippen LogP contribution in [0.1, 0.15) is 29.1 Å². The van der Waals surface area contributed by atoms with Gasteiger partial charge in [-0.2, -0.15) is 5.26 Å². The maximum atomic E-state index is 8.99. The predicted octanol–water partition coefficient (Wildman–Crippen LogP) is 3.03. The van der Waals surface area contributed by atoms with Gasteiger partial charge in [0.05, 0.1) is 11.4 Å². The summed E-state index contributed by atoms with van der Waals surface area (Å²) in [4.78, 5) is 10.0. The minimum absolute atomic E-state index is 0.408. The molecule has 0 unspecified atom stereocenters. The molecule has 2 heterocycles. The molecule has 1 N–H and O–H groups in total. The second-order valence-electron chi connectivity index (χ2n) is 4.23. The molecule has 0 radical (unpaired) electrons. The minimum atomic E-state index is 0.408. The summed E-state index contributed by atoms with van der Waals surface area (Å²) in [6, 6.07) is 5.75. The van der Waals surface area contributed by atoms with Crippen molar-refractivity contribution in [2.75, 3.05) is 5.32 Å². The van der Waals surface area contributed by atoms with Crippen LogP contribution in [0.4, 0.5) is 10.8 Å². The Morgan fingerprint density at radius 2 is 2.22 bits per heavy atom. The Hall–Kier alpha value is -1.93. The second-order valence-corrected chi connectivity index (χ2v) is 5.32. The topological polar surface area (TPSA) is 61.6 Å². The van der Waals surface area contributed by atoms with Crippen LogP contribution in [0.5, 0.6) is 0 Å². The third kappa shape index (κ3) is 2.07. The van der Waals surface area contributed by atoms with E-state index in [0.717, 1.165) is 23.7 Å². The molecule has 0 bridgehead atoms. The first-order chi connectivity index (χ1) is 8.86. The Labute approximate surface area is 109 Å². The van der Waals surface area contributed by atoms with E-state index in [1.807, 2.05) is 12.1 Å². The molecular weight excluding hydrogens is 244 g/mol. The first-order valence-corrected chi connectivity index (χ1v) is 6.79. The summed E-state index contributed by atoms with van der Waals surface area (Å²) in [6.07, 6.45) is 6.31. The zero-order chi connectivity index (χ0) is 12.4. The number of fused-ring (bicyclic) bond motifs is 1. The van der Waals surface area contributed by atoms with Crippen LogP contribution in [0, 0.1) is 11.3 Å². The number of nitrogens with zero attached hydrogens (tertiary/aromatic N) is 3. The SMILES string of the molecule is N#Cc1ncccc1Nc1nc2c(s1)CCCC2. The van der Waals surface area contributed by atoms with E-state index >= 15 is 0 Å². The molecule has 4 nitrogen and oxygen atoms in total. The number of hydrogen-bond donors (Lipinski definition) is 1. The van der Waals surface area contributed by atoms with Gasteiger partial charge in [-0.1, -0.05) is 0 Å². The van der Waals surface area contributed by atoms with E-state index in [1.54, 1.807) is 17.5 Å². The molecule has 0 spiro atoms. The lowest BCUT2D eigenvalue weighted by Crippen LogP contribution is -1.99. The lowest BCUT2D eigenvalue weighted by molar-refractivity contribution is 0.683. The summed E-state index contributed by atoms with van der Waals surface area (Å²) < 4.78 is 0. The molecule has 0 aliphatic heterocycles. The van der Waals surface area contributed by atoms with Crippen LogP contribution in [0.2, 0.25) is 0 Å². The summed E-state index contributed by atoms with van der Waals surface area (Å²) >= 11 is 1.69. The van der Waals surface area contributed by atoms with Gasteiger partial charge in [-0.15, -0.1) is 11.3 Å². The highest BCUT2D eigenvalue weighted by Gasteiger charge is 2.15. The van der Waals surface area contributed by atoms with Crippen molar-refractivity contribution < 1.29 is 0 Å². The van der Waals surface area contributed by atoms with Gasteiger partial charge in [0.1, 0.15) is 6.07 Å². The molecule has 18 heavy (non-hydrogen) atoms. The predicted molar refractivity (Wildman–Crippen MR) is 71.0 cm³/mol. The van der Waals surface area contributed by atoms with Crippen molar-refractivity contribution in [1.82, 2.24) is 9.97 Å². The van der Waals surface area contributed by atoms with E-state index in [2.05, 4.69) is 21.4 Å². The van der Waals surface area contributed by atoms with Gasteiger partial charge < -0.3 is 5.32 Å². The number of hydrogen-bond acceptors (Lipinski definition) is 5. The molecule has 0 aromatic carbocycles. The number of nitriles is 1. The molecule has 0 atom stereocenters. The summed E-state index contributed by atoms with van der Waals surface area (Å²) in [7, 11) is 0. The third-order valence-corrected chi connectivity index (χ3v) is 4.07. The van der Waals surface area contributed by atoms with Crippen molar-refractivity contribution in [3.8, 4) is 6.07 Å². The van der Waals surface area contributed by atoms with E-state index in [1.165, 1.54) is 23.4 Å². The van der Waals surface area contributed by atoms with Crippen LogP contribution in [0.3, 0.4) is 0 Å². The standard InChI is InChI=1S/C13H12N4S/c14-8-11-9(5-3-7-15-11)16-13-17-10-4-1-2-6-12(10)18-13/h3,5,7H,1-2,4,6H2,(H,16,17). The van der Waals surface area contributed by atoms with Crippen LogP contribution in [-0.4, -0.2) is 9.97 Å². The maximum Gasteiger partial charge on any atom is 0.187 e. The Morgan fingerprint density at radius 3 is 3.06 bits per heavy atom. The van der Waals surface area contributed by atoms with Crippen LogP contribution in [0.25, 0.3) is 0 Å². The van der Waals surface area contributed by atoms with Gasteiger partial charge in [-0.25, -0.2) is 9.97 Å². The number of anilines is 2. The van der Waals surface area contributed by atoms with Crippen LogP contribution in [0.15, 0.2) is 18.3 Å². The van der Waals surface area contributed by atoms with E-state index in [4.69, 9.17) is 5.26 Å². The molecule has 1 aliphatic rings. The van der Waals surface area contributed by atoms with E-state index in [-0.39, 0.29) is 0 Å². The number of aryl methyl sites for hydroxylation is 2. The summed E-state index contributed by atoms with van der Waals surface area (Å²) in [5.74, 6) is 0. The minimum Gasteiger partial charge on any atom is -0.329 e. The molecule has 1 aliphatic carbocycles. The zero-order valence-corrected chi connectivity index (χ0v) is 10.6. The Morgan fingerprint density at radius 1 is 1.33 bits per heavy atom. The normalized spacial score (nSPS) is 13.7. The zero-order valence-electron chi connectivity index (χ0n) is 9.81. The van der Waals surface area contributed by atoms with Gasteiger partial charge in [0.25, 0.3) is 0 Å². The summed E-state index contributed by atoms with van der Waals surface area (Å²) in [6.45, 7) is 0. The molecule has 0 saturated carbocycles. The van der Waals surface area contributed by atoms with Crippen LogP contribution < -0.4 is 5.32 Å². The number of nitrogens with one attached hydrogen (secondary N) is 1. The van der Waals surface area contributed by atoms with Crippen molar-refractivity contribution in [3.05, 3.63) is 34.6 Å². The van der Waals surface area contributed by atoms with Crippen molar-refractivity contribution in [1.29, 1.82) is 5.26 Å². The van der Waals surface area contributed by atoms with Gasteiger partial charge >= 0.3 is 0 Å². The van der Waals surface area contributed by atoms with Crippen molar-refractivity contribution >= 4 is 22.2 Å². The molecule has 2 aromatic rings. The van der Waals surface area contributed by atoms with Crippen LogP contribution in [-0.2, 0) is 12.8 Å². The molecule has 90 valence electrons. The van der Waals surface area contributed by atoms with Gasteiger partial charge in [0.2, 0.25) is 0 Å². The Balaban J connectivity index is 1.88. The highest BCUT2D eigenvalue weighted by Crippen LogP contribution is 2.31. The van der Waals surface area contributed by atoms with Crippen LogP contribution >= 0.6 is 11.3 Å². The van der Waals surface area contributed by atoms with Crippen molar-refractivity contribution in [3.63, 3.8) is 0 Å². The van der Waals surface area contributed by atoms with Crippen molar-refractivity contribution in [2.24, 2.45) is 0 Å². The summed E-state index contributed by atoms with van der Waals surface area (Å²) in [5, 5.41) is 13.1. The first kappa shape index (κ1) is 11.2. The first-order valence-electron chi connectivity index (χ1n) is 5.97. The molecular formula is C13H12N4S. The average Bonchev–Trinajstić information content (AvgIpc) is 2.81. The van der Waals surface area contributed by atoms with E-state index in [9.17, 15) is 0 Å². The van der Waals surface area contributed by atoms with Crippen molar-refractivity contribution in [2.45, 2.75) is 25.7 Å². The molecule has 2 aromatic heterocycles. The van der Waals surface area contributed by atoms with Gasteiger partial charge in [0.15, 0.2) is 10.8 Å². The van der Waals surface area contributed by atoms with Gasteiger partial charge in [-0.05, 0) is 37.8 Å². The fraction of sp³-hybridized carbons (Fsp3) is 0.308. The molecule has 0 saturated heterocycles. The summed E-state index contributed by atoms with van der Waals surface area (Å²) in [5.41, 5.74) is 2.35. The fourth-order valence-corrected chi connectivity index (χ4v) is 3.18. The number of rotatable bonds is 2. The molecule has 5 heteroatoms. The van der Waals surface area contributed by atoms with E-state index < -0.39 is 0 Å². The smallest absolute Gasteiger partial charge is 0.187 e. The number of thiazole rings is 1. The van der Waals surface area contributed by atoms with Gasteiger partial charge in [0, 0.05) is 11.1 Å².